The Morgan fingerprint density at radius 2 is 1.90 bits per heavy atom. The van der Waals surface area contributed by atoms with E-state index in [0.29, 0.717) is 6.54 Å². The summed E-state index contributed by atoms with van der Waals surface area (Å²) in [6.45, 7) is 2.19. The van der Waals surface area contributed by atoms with Crippen molar-refractivity contribution in [2.75, 3.05) is 13.2 Å². The lowest BCUT2D eigenvalue weighted by Crippen LogP contribution is -2.17. The van der Waals surface area contributed by atoms with Gasteiger partial charge in [-0.2, -0.15) is 0 Å². The molecule has 0 aliphatic carbocycles. The molecule has 1 heterocycles. The number of nitrogens with zero attached hydrogens (tertiary/aromatic N) is 1. The Morgan fingerprint density at radius 3 is 2.70 bits per heavy atom. The van der Waals surface area contributed by atoms with Gasteiger partial charge in [0.15, 0.2) is 6.61 Å². The highest BCUT2D eigenvalue weighted by atomic mass is 16.6. The van der Waals surface area contributed by atoms with Crippen LogP contribution < -0.4 is 0 Å². The second-order valence-corrected chi connectivity index (χ2v) is 4.28. The molecule has 0 amide bonds. The Kier molecular flexibility index (Phi) is 4.76. The molecule has 106 valence electrons. The van der Waals surface area contributed by atoms with E-state index in [-0.39, 0.29) is 19.6 Å². The fourth-order valence-electron chi connectivity index (χ4n) is 1.96. The van der Waals surface area contributed by atoms with E-state index < -0.39 is 11.9 Å². The van der Waals surface area contributed by atoms with Crippen molar-refractivity contribution >= 4 is 22.8 Å². The number of ether oxygens (including phenoxy) is 2. The summed E-state index contributed by atoms with van der Waals surface area (Å²) in [5, 5.41) is 1.13. The molecule has 0 aliphatic rings. The molecule has 0 saturated heterocycles. The van der Waals surface area contributed by atoms with Gasteiger partial charge >= 0.3 is 11.9 Å². The van der Waals surface area contributed by atoms with Crippen LogP contribution in [0.25, 0.3) is 10.9 Å². The summed E-state index contributed by atoms with van der Waals surface area (Å²) in [5.74, 6) is -0.928. The zero-order valence-electron chi connectivity index (χ0n) is 11.4. The minimum atomic E-state index is -0.521. The molecule has 5 nitrogen and oxygen atoms in total. The van der Waals surface area contributed by atoms with Crippen molar-refractivity contribution in [3.63, 3.8) is 0 Å². The minimum absolute atomic E-state index is 0.220. The monoisotopic (exact) mass is 275 g/mol. The summed E-state index contributed by atoms with van der Waals surface area (Å²) < 4.78 is 11.5. The van der Waals surface area contributed by atoms with Gasteiger partial charge in [-0.3, -0.25) is 4.79 Å². The smallest absolute Gasteiger partial charge is 0.344 e. The molecule has 0 unspecified atom stereocenters. The van der Waals surface area contributed by atoms with E-state index in [1.807, 2.05) is 41.1 Å². The minimum Gasteiger partial charge on any atom is -0.463 e. The number of benzene rings is 1. The standard InChI is InChI=1S/C15H17NO4/c1-2-19-15(18)11-20-14(17)8-10-16-9-7-12-5-3-4-6-13(12)16/h3-7,9H,2,8,10-11H2,1H3. The van der Waals surface area contributed by atoms with Gasteiger partial charge in [-0.05, 0) is 24.4 Å². The maximum atomic E-state index is 11.5. The second kappa shape index (κ2) is 6.75. The van der Waals surface area contributed by atoms with Crippen LogP contribution in [0.1, 0.15) is 13.3 Å². The summed E-state index contributed by atoms with van der Waals surface area (Å²) in [6, 6.07) is 9.95. The first-order valence-corrected chi connectivity index (χ1v) is 6.56. The predicted molar refractivity (Wildman–Crippen MR) is 74.1 cm³/mol. The zero-order chi connectivity index (χ0) is 14.4. The van der Waals surface area contributed by atoms with Crippen LogP contribution in [-0.4, -0.2) is 29.7 Å². The number of carbonyl (C=O) groups is 2. The molecule has 0 bridgehead atoms. The van der Waals surface area contributed by atoms with Crippen LogP contribution in [-0.2, 0) is 25.6 Å². The number of esters is 2. The number of para-hydroxylation sites is 1. The fourth-order valence-corrected chi connectivity index (χ4v) is 1.96. The number of carbonyl (C=O) groups excluding carboxylic acids is 2. The van der Waals surface area contributed by atoms with E-state index in [1.165, 1.54) is 0 Å². The normalized spacial score (nSPS) is 10.4. The molecule has 0 spiro atoms. The number of hydrogen-bond donors (Lipinski definition) is 0. The van der Waals surface area contributed by atoms with Gasteiger partial charge in [0, 0.05) is 18.3 Å². The molecule has 2 rings (SSSR count). The molecule has 1 aromatic heterocycles. The summed E-state index contributed by atoms with van der Waals surface area (Å²) in [4.78, 5) is 22.6. The second-order valence-electron chi connectivity index (χ2n) is 4.28. The van der Waals surface area contributed by atoms with E-state index in [4.69, 9.17) is 4.74 Å². The first kappa shape index (κ1) is 14.1. The fraction of sp³-hybridized carbons (Fsp3) is 0.333. The third kappa shape index (κ3) is 3.60. The number of hydrogen-bond acceptors (Lipinski definition) is 4. The SMILES string of the molecule is CCOC(=O)COC(=O)CCn1ccc2ccccc21. The van der Waals surface area contributed by atoms with Crippen LogP contribution in [0, 0.1) is 0 Å². The number of fused-ring (bicyclic) bond motifs is 1. The van der Waals surface area contributed by atoms with Crippen molar-refractivity contribution in [3.8, 4) is 0 Å². The van der Waals surface area contributed by atoms with Crippen molar-refractivity contribution in [1.29, 1.82) is 0 Å². The predicted octanol–water partition coefficient (Wildman–Crippen LogP) is 2.14. The molecule has 0 atom stereocenters. The number of rotatable bonds is 6. The van der Waals surface area contributed by atoms with Crippen LogP contribution in [0.5, 0.6) is 0 Å². The van der Waals surface area contributed by atoms with Gasteiger partial charge in [-0.15, -0.1) is 0 Å². The summed E-state index contributed by atoms with van der Waals surface area (Å²) in [7, 11) is 0. The van der Waals surface area contributed by atoms with Crippen LogP contribution in [0.3, 0.4) is 0 Å². The molecular weight excluding hydrogens is 258 g/mol. The maximum Gasteiger partial charge on any atom is 0.344 e. The summed E-state index contributed by atoms with van der Waals surface area (Å²) in [5.41, 5.74) is 1.07. The molecule has 0 radical (unpaired) electrons. The Labute approximate surface area is 117 Å². The van der Waals surface area contributed by atoms with Gasteiger partial charge in [-0.25, -0.2) is 4.79 Å². The average Bonchev–Trinajstić information content (AvgIpc) is 2.86. The first-order valence-electron chi connectivity index (χ1n) is 6.56. The number of aromatic nitrogens is 1. The lowest BCUT2D eigenvalue weighted by atomic mass is 10.2. The quantitative estimate of drug-likeness (QED) is 0.758. The van der Waals surface area contributed by atoms with Gasteiger partial charge in [0.2, 0.25) is 0 Å². The summed E-state index contributed by atoms with van der Waals surface area (Å²) in [6.07, 6.45) is 2.15. The third-order valence-corrected chi connectivity index (χ3v) is 2.89. The third-order valence-electron chi connectivity index (χ3n) is 2.89. The first-order chi connectivity index (χ1) is 9.70. The van der Waals surface area contributed by atoms with Gasteiger partial charge in [0.25, 0.3) is 0 Å². The van der Waals surface area contributed by atoms with Gasteiger partial charge in [0.05, 0.1) is 13.0 Å². The van der Waals surface area contributed by atoms with Crippen LogP contribution in [0.15, 0.2) is 36.5 Å². The van der Waals surface area contributed by atoms with E-state index in [0.717, 1.165) is 10.9 Å². The van der Waals surface area contributed by atoms with Crippen molar-refractivity contribution < 1.29 is 19.1 Å². The molecule has 2 aromatic rings. The molecule has 5 heteroatoms. The highest BCUT2D eigenvalue weighted by Crippen LogP contribution is 2.15. The molecule has 0 aliphatic heterocycles. The lowest BCUT2D eigenvalue weighted by Gasteiger charge is -2.06. The molecule has 1 aromatic carbocycles. The Bertz CT molecular complexity index is 603. The van der Waals surface area contributed by atoms with Crippen molar-refractivity contribution in [2.45, 2.75) is 19.9 Å². The van der Waals surface area contributed by atoms with Crippen molar-refractivity contribution in [2.24, 2.45) is 0 Å². The molecular formula is C15H17NO4. The topological polar surface area (TPSA) is 57.5 Å². The van der Waals surface area contributed by atoms with Crippen LogP contribution in [0.2, 0.25) is 0 Å². The van der Waals surface area contributed by atoms with E-state index in [9.17, 15) is 9.59 Å². The van der Waals surface area contributed by atoms with E-state index in [1.54, 1.807) is 6.92 Å². The van der Waals surface area contributed by atoms with E-state index >= 15 is 0 Å². The molecule has 20 heavy (non-hydrogen) atoms. The molecule has 0 fully saturated rings. The van der Waals surface area contributed by atoms with Gasteiger partial charge in [0.1, 0.15) is 0 Å². The van der Waals surface area contributed by atoms with Gasteiger partial charge in [-0.1, -0.05) is 18.2 Å². The summed E-state index contributed by atoms with van der Waals surface area (Å²) >= 11 is 0. The number of aryl methyl sites for hydroxylation is 1. The zero-order valence-corrected chi connectivity index (χ0v) is 11.4. The van der Waals surface area contributed by atoms with Crippen LogP contribution >= 0.6 is 0 Å². The highest BCUT2D eigenvalue weighted by molar-refractivity contribution is 5.80. The van der Waals surface area contributed by atoms with Crippen molar-refractivity contribution in [1.82, 2.24) is 4.57 Å². The molecule has 0 N–H and O–H groups in total. The Morgan fingerprint density at radius 1 is 1.10 bits per heavy atom. The van der Waals surface area contributed by atoms with Gasteiger partial charge < -0.3 is 14.0 Å². The van der Waals surface area contributed by atoms with Crippen molar-refractivity contribution in [3.05, 3.63) is 36.5 Å². The molecule has 0 saturated carbocycles. The average molecular weight is 275 g/mol. The highest BCUT2D eigenvalue weighted by Gasteiger charge is 2.09. The largest absolute Gasteiger partial charge is 0.463 e. The van der Waals surface area contributed by atoms with Crippen LogP contribution in [0.4, 0.5) is 0 Å². The van der Waals surface area contributed by atoms with E-state index in [2.05, 4.69) is 4.74 Å². The Balaban J connectivity index is 1.83. The maximum absolute atomic E-state index is 11.5. The lowest BCUT2D eigenvalue weighted by molar-refractivity contribution is -0.158. The Hall–Kier alpha value is -2.30.